The number of aromatic nitrogens is 1. The lowest BCUT2D eigenvalue weighted by molar-refractivity contribution is 0.0351. The molecule has 1 aromatic carbocycles. The second-order valence-corrected chi connectivity index (χ2v) is 9.65. The van der Waals surface area contributed by atoms with Crippen LogP contribution in [0.2, 0.25) is 0 Å². The minimum Gasteiger partial charge on any atom is -0.472 e. The second-order valence-electron chi connectivity index (χ2n) is 9.65. The molecule has 192 valence electrons. The first-order valence-corrected chi connectivity index (χ1v) is 12.3. The zero-order valence-electron chi connectivity index (χ0n) is 21.7. The minimum absolute atomic E-state index is 0.0120. The first-order chi connectivity index (χ1) is 17.2. The molecule has 36 heavy (non-hydrogen) atoms. The van der Waals surface area contributed by atoms with E-state index in [4.69, 9.17) is 4.74 Å². The van der Waals surface area contributed by atoms with Crippen molar-refractivity contribution >= 4 is 11.9 Å². The smallest absolute Gasteiger partial charge is 0.317 e. The van der Waals surface area contributed by atoms with Gasteiger partial charge in [0.2, 0.25) is 5.88 Å². The maximum Gasteiger partial charge on any atom is 0.317 e. The summed E-state index contributed by atoms with van der Waals surface area (Å²) in [6.07, 6.45) is 1.78. The Balaban J connectivity index is 1.90. The lowest BCUT2D eigenvalue weighted by Crippen LogP contribution is -2.51. The number of hydrogen-bond acceptors (Lipinski definition) is 5. The third kappa shape index (κ3) is 6.98. The van der Waals surface area contributed by atoms with Crippen LogP contribution in [0.25, 0.3) is 0 Å². The van der Waals surface area contributed by atoms with Gasteiger partial charge >= 0.3 is 6.03 Å². The fourth-order valence-electron chi connectivity index (χ4n) is 3.94. The maximum absolute atomic E-state index is 13.5. The van der Waals surface area contributed by atoms with E-state index >= 15 is 0 Å². The number of nitrogens with one attached hydrogen (secondary N) is 1. The average molecular weight is 493 g/mol. The van der Waals surface area contributed by atoms with Crippen molar-refractivity contribution in [1.29, 1.82) is 0 Å². The van der Waals surface area contributed by atoms with Gasteiger partial charge in [-0.1, -0.05) is 49.1 Å². The summed E-state index contributed by atoms with van der Waals surface area (Å²) in [5, 5.41) is 12.7. The molecule has 3 atom stereocenters. The number of carbonyl (C=O) groups is 2. The number of aliphatic hydroxyl groups excluding tert-OH is 1. The molecule has 0 spiro atoms. The zero-order valence-corrected chi connectivity index (χ0v) is 21.7. The van der Waals surface area contributed by atoms with Crippen LogP contribution in [-0.4, -0.2) is 76.8 Å². The highest BCUT2D eigenvalue weighted by Crippen LogP contribution is 2.27. The van der Waals surface area contributed by atoms with Crippen molar-refractivity contribution in [3.8, 4) is 17.7 Å². The predicted octanol–water partition coefficient (Wildman–Crippen LogP) is 2.95. The third-order valence-electron chi connectivity index (χ3n) is 6.10. The van der Waals surface area contributed by atoms with Gasteiger partial charge in [0.25, 0.3) is 5.91 Å². The van der Waals surface area contributed by atoms with Crippen LogP contribution in [0.3, 0.4) is 0 Å². The van der Waals surface area contributed by atoms with Crippen molar-refractivity contribution in [2.75, 3.05) is 26.7 Å². The molecule has 1 aromatic heterocycles. The number of nitrogens with zero attached hydrogens (tertiary/aromatic N) is 3. The molecule has 0 fully saturated rings. The Hall–Kier alpha value is -3.57. The number of likely N-dealkylation sites (N-methyl/N-ethyl adjacent to an activating group) is 1. The molecule has 3 rings (SSSR count). The van der Waals surface area contributed by atoms with E-state index in [2.05, 4.69) is 22.1 Å². The van der Waals surface area contributed by atoms with Crippen LogP contribution in [0.5, 0.6) is 5.88 Å². The van der Waals surface area contributed by atoms with Crippen molar-refractivity contribution in [3.63, 3.8) is 0 Å². The van der Waals surface area contributed by atoms with Crippen LogP contribution in [0.15, 0.2) is 42.6 Å². The summed E-state index contributed by atoms with van der Waals surface area (Å²) >= 11 is 0. The molecule has 2 heterocycles. The number of carbonyl (C=O) groups excluding carboxylic acids is 2. The molecule has 3 amide bonds. The van der Waals surface area contributed by atoms with E-state index in [0.717, 1.165) is 5.56 Å². The van der Waals surface area contributed by atoms with Gasteiger partial charge < -0.3 is 25.0 Å². The van der Waals surface area contributed by atoms with Gasteiger partial charge in [-0.3, -0.25) is 4.79 Å². The number of benzene rings is 1. The number of pyridine rings is 1. The second kappa shape index (κ2) is 12.4. The molecule has 1 aliphatic heterocycles. The minimum atomic E-state index is -0.407. The molecule has 8 heteroatoms. The number of fused-ring (bicyclic) bond motifs is 1. The van der Waals surface area contributed by atoms with Crippen LogP contribution in [0.4, 0.5) is 4.79 Å². The van der Waals surface area contributed by atoms with Crippen LogP contribution in [-0.2, 0) is 6.42 Å². The fourth-order valence-corrected chi connectivity index (χ4v) is 3.94. The molecule has 0 saturated carbocycles. The fraction of sp³-hybridized carbons (Fsp3) is 0.464. The summed E-state index contributed by atoms with van der Waals surface area (Å²) in [5.74, 6) is 6.06. The van der Waals surface area contributed by atoms with Crippen molar-refractivity contribution in [1.82, 2.24) is 20.1 Å². The van der Waals surface area contributed by atoms with Crippen molar-refractivity contribution in [3.05, 3.63) is 59.3 Å². The molecule has 0 saturated heterocycles. The van der Waals surface area contributed by atoms with Crippen LogP contribution in [0.1, 0.15) is 49.2 Å². The van der Waals surface area contributed by atoms with Crippen LogP contribution >= 0.6 is 0 Å². The molecule has 0 radical (unpaired) electrons. The number of hydrogen-bond donors (Lipinski definition) is 2. The van der Waals surface area contributed by atoms with Crippen LogP contribution in [0, 0.1) is 17.8 Å². The Labute approximate surface area is 213 Å². The van der Waals surface area contributed by atoms with E-state index < -0.39 is 6.10 Å². The van der Waals surface area contributed by atoms with E-state index in [-0.39, 0.29) is 42.4 Å². The average Bonchev–Trinajstić information content (AvgIpc) is 2.86. The van der Waals surface area contributed by atoms with E-state index in [0.29, 0.717) is 30.6 Å². The van der Waals surface area contributed by atoms with Crippen molar-refractivity contribution in [2.24, 2.45) is 5.92 Å². The first-order valence-electron chi connectivity index (χ1n) is 12.3. The molecule has 8 nitrogen and oxygen atoms in total. The summed E-state index contributed by atoms with van der Waals surface area (Å²) in [6.45, 7) is 8.10. The highest BCUT2D eigenvalue weighted by molar-refractivity contribution is 5.97. The predicted molar refractivity (Wildman–Crippen MR) is 139 cm³/mol. The summed E-state index contributed by atoms with van der Waals surface area (Å²) < 4.78 is 6.24. The number of ether oxygens (including phenoxy) is 1. The monoisotopic (exact) mass is 492 g/mol. The lowest BCUT2D eigenvalue weighted by atomic mass is 10.00. The summed E-state index contributed by atoms with van der Waals surface area (Å²) in [5.41, 5.74) is 2.01. The number of urea groups is 1. The third-order valence-corrected chi connectivity index (χ3v) is 6.10. The van der Waals surface area contributed by atoms with Gasteiger partial charge in [-0.25, -0.2) is 9.78 Å². The largest absolute Gasteiger partial charge is 0.472 e. The first kappa shape index (κ1) is 27.0. The van der Waals surface area contributed by atoms with Gasteiger partial charge in [-0.05, 0) is 32.4 Å². The highest BCUT2D eigenvalue weighted by atomic mass is 16.5. The Morgan fingerprint density at radius 1 is 1.31 bits per heavy atom. The van der Waals surface area contributed by atoms with Gasteiger partial charge in [0, 0.05) is 43.7 Å². The molecular formula is C28H36N4O4. The number of aliphatic hydroxyl groups is 1. The zero-order chi connectivity index (χ0) is 26.2. The molecular weight excluding hydrogens is 456 g/mol. The number of rotatable bonds is 6. The quantitative estimate of drug-likeness (QED) is 0.605. The van der Waals surface area contributed by atoms with Gasteiger partial charge in [-0.15, -0.1) is 0 Å². The van der Waals surface area contributed by atoms with Gasteiger partial charge in [-0.2, -0.15) is 0 Å². The van der Waals surface area contributed by atoms with Crippen molar-refractivity contribution in [2.45, 2.75) is 52.3 Å². The lowest BCUT2D eigenvalue weighted by Gasteiger charge is -2.37. The van der Waals surface area contributed by atoms with Crippen LogP contribution < -0.4 is 10.1 Å². The number of amides is 3. The molecule has 0 unspecified atom stereocenters. The van der Waals surface area contributed by atoms with E-state index in [1.54, 1.807) is 36.0 Å². The Morgan fingerprint density at radius 2 is 2.03 bits per heavy atom. The Kier molecular flexibility index (Phi) is 9.31. The Bertz CT molecular complexity index is 1110. The van der Waals surface area contributed by atoms with Gasteiger partial charge in [0.15, 0.2) is 0 Å². The maximum atomic E-state index is 13.5. The van der Waals surface area contributed by atoms with E-state index in [9.17, 15) is 14.7 Å². The van der Waals surface area contributed by atoms with Gasteiger partial charge in [0.05, 0.1) is 19.2 Å². The molecule has 2 aromatic rings. The summed E-state index contributed by atoms with van der Waals surface area (Å²) in [6, 6.07) is 11.1. The summed E-state index contributed by atoms with van der Waals surface area (Å²) in [4.78, 5) is 33.7. The van der Waals surface area contributed by atoms with Gasteiger partial charge in [0.1, 0.15) is 11.7 Å². The molecule has 0 bridgehead atoms. The van der Waals surface area contributed by atoms with Crippen molar-refractivity contribution < 1.29 is 19.4 Å². The topological polar surface area (TPSA) is 95.0 Å². The van der Waals surface area contributed by atoms with E-state index in [1.807, 2.05) is 51.1 Å². The SMILES string of the molecule is CC(C)NC(=O)N(C)C[C@@H]1Oc2ncc(C#CCc3ccccc3)cc2C(=O)N([C@@H](C)CO)C[C@@H]1C. The standard InChI is InChI=1S/C28H36N4O4/c1-19(2)30-28(35)31(5)17-25-20(3)16-32(21(4)18-33)27(34)24-14-23(15-29-26(24)36-25)13-9-12-22-10-7-6-8-11-22/h6-8,10-11,14-15,19-21,25,33H,12,16-18H2,1-5H3,(H,30,35)/t20-,21-,25-/m0/s1. The molecule has 0 aliphatic carbocycles. The summed E-state index contributed by atoms with van der Waals surface area (Å²) in [7, 11) is 1.71. The molecule has 1 aliphatic rings. The van der Waals surface area contributed by atoms with E-state index in [1.165, 1.54) is 0 Å². The highest BCUT2D eigenvalue weighted by Gasteiger charge is 2.34. The normalized spacial score (nSPS) is 18.2. The Morgan fingerprint density at radius 3 is 2.69 bits per heavy atom. The molecule has 2 N–H and O–H groups in total.